The van der Waals surface area contributed by atoms with Crippen molar-refractivity contribution in [2.75, 3.05) is 18.6 Å². The number of hydrogen-bond donors (Lipinski definition) is 0. The van der Waals surface area contributed by atoms with Crippen molar-refractivity contribution in [2.45, 2.75) is 32.4 Å². The van der Waals surface area contributed by atoms with Crippen LogP contribution in [-0.4, -0.2) is 34.8 Å². The van der Waals surface area contributed by atoms with Gasteiger partial charge < -0.3 is 14.2 Å². The summed E-state index contributed by atoms with van der Waals surface area (Å²) in [6.07, 6.45) is 0.593. The molecule has 2 heterocycles. The predicted molar refractivity (Wildman–Crippen MR) is 82.4 cm³/mol. The highest BCUT2D eigenvalue weighted by molar-refractivity contribution is 5.66. The Labute approximate surface area is 133 Å². The molecule has 2 unspecified atom stereocenters. The van der Waals surface area contributed by atoms with Gasteiger partial charge in [0.25, 0.3) is 5.69 Å². The van der Waals surface area contributed by atoms with Gasteiger partial charge in [0.15, 0.2) is 5.82 Å². The van der Waals surface area contributed by atoms with Crippen molar-refractivity contribution >= 4 is 11.4 Å². The molecule has 1 aliphatic rings. The van der Waals surface area contributed by atoms with Gasteiger partial charge in [-0.2, -0.15) is 4.98 Å². The number of methoxy groups -OCH3 is 1. The first-order valence-corrected chi connectivity index (χ1v) is 7.34. The largest absolute Gasteiger partial charge is 0.380 e. The lowest BCUT2D eigenvalue weighted by molar-refractivity contribution is -0.384. The Hall–Kier alpha value is -2.48. The number of hydrogen-bond acceptors (Lipinski definition) is 7. The van der Waals surface area contributed by atoms with E-state index in [2.05, 4.69) is 10.1 Å². The van der Waals surface area contributed by atoms with Crippen LogP contribution in [-0.2, 0) is 4.74 Å². The summed E-state index contributed by atoms with van der Waals surface area (Å²) in [5.41, 5.74) is 1.57. The summed E-state index contributed by atoms with van der Waals surface area (Å²) in [6, 6.07) is 4.84. The van der Waals surface area contributed by atoms with E-state index in [9.17, 15) is 10.1 Å². The Balaban J connectivity index is 2.05. The number of anilines is 1. The molecule has 23 heavy (non-hydrogen) atoms. The Kier molecular flexibility index (Phi) is 3.99. The molecule has 1 fully saturated rings. The van der Waals surface area contributed by atoms with Gasteiger partial charge in [-0.3, -0.25) is 10.1 Å². The maximum absolute atomic E-state index is 11.4. The number of aryl methyl sites for hydroxylation is 2. The minimum atomic E-state index is -0.370. The summed E-state index contributed by atoms with van der Waals surface area (Å²) in [6.45, 7) is 4.19. The molecule has 122 valence electrons. The number of rotatable bonds is 4. The van der Waals surface area contributed by atoms with E-state index in [0.29, 0.717) is 30.4 Å². The van der Waals surface area contributed by atoms with E-state index in [-0.39, 0.29) is 22.8 Å². The average molecular weight is 318 g/mol. The number of benzene rings is 1. The molecule has 2 aromatic rings. The third kappa shape index (κ3) is 2.89. The monoisotopic (exact) mass is 318 g/mol. The maximum atomic E-state index is 11.4. The molecule has 1 aliphatic heterocycles. The molecule has 1 saturated heterocycles. The number of ether oxygens (including phenoxy) is 1. The van der Waals surface area contributed by atoms with Crippen molar-refractivity contribution in [3.63, 3.8) is 0 Å². The lowest BCUT2D eigenvalue weighted by Gasteiger charge is -2.24. The number of aromatic nitrogens is 2. The van der Waals surface area contributed by atoms with Gasteiger partial charge >= 0.3 is 0 Å². The van der Waals surface area contributed by atoms with Gasteiger partial charge in [-0.25, -0.2) is 0 Å². The number of nitro benzene ring substituents is 1. The molecule has 0 N–H and O–H groups in total. The first kappa shape index (κ1) is 15.4. The highest BCUT2D eigenvalue weighted by atomic mass is 16.6. The minimum absolute atomic E-state index is 0.0488. The molecule has 0 saturated carbocycles. The van der Waals surface area contributed by atoms with Crippen LogP contribution in [0, 0.1) is 24.0 Å². The summed E-state index contributed by atoms with van der Waals surface area (Å²) >= 11 is 0. The normalized spacial score (nSPS) is 20.9. The number of nitro groups is 1. The van der Waals surface area contributed by atoms with E-state index < -0.39 is 0 Å². The van der Waals surface area contributed by atoms with Crippen LogP contribution in [0.25, 0.3) is 0 Å². The maximum Gasteiger partial charge on any atom is 0.292 e. The van der Waals surface area contributed by atoms with Crippen LogP contribution in [0.1, 0.15) is 29.7 Å². The Morgan fingerprint density at radius 1 is 1.43 bits per heavy atom. The molecule has 8 heteroatoms. The summed E-state index contributed by atoms with van der Waals surface area (Å²) < 4.78 is 10.7. The predicted octanol–water partition coefficient (Wildman–Crippen LogP) is 2.56. The average Bonchev–Trinajstić information content (AvgIpc) is 3.12. The molecule has 0 spiro atoms. The molecule has 0 amide bonds. The highest BCUT2D eigenvalue weighted by Gasteiger charge is 2.39. The van der Waals surface area contributed by atoms with Crippen LogP contribution in [0.4, 0.5) is 11.4 Å². The molecule has 3 rings (SSSR count). The zero-order valence-corrected chi connectivity index (χ0v) is 13.2. The van der Waals surface area contributed by atoms with Gasteiger partial charge in [-0.15, -0.1) is 0 Å². The minimum Gasteiger partial charge on any atom is -0.380 e. The fourth-order valence-electron chi connectivity index (χ4n) is 2.93. The van der Waals surface area contributed by atoms with Crippen molar-refractivity contribution < 1.29 is 14.2 Å². The Morgan fingerprint density at radius 3 is 2.83 bits per heavy atom. The second-order valence-corrected chi connectivity index (χ2v) is 5.69. The smallest absolute Gasteiger partial charge is 0.292 e. The van der Waals surface area contributed by atoms with Crippen molar-refractivity contribution in [3.05, 3.63) is 45.6 Å². The molecule has 0 radical (unpaired) electrons. The van der Waals surface area contributed by atoms with Gasteiger partial charge in [-0.1, -0.05) is 11.2 Å². The first-order valence-electron chi connectivity index (χ1n) is 7.34. The van der Waals surface area contributed by atoms with E-state index in [1.54, 1.807) is 20.1 Å². The van der Waals surface area contributed by atoms with E-state index >= 15 is 0 Å². The summed E-state index contributed by atoms with van der Waals surface area (Å²) in [7, 11) is 1.63. The SMILES string of the molecule is COC1CC(c2nc(C)no2)N(c2cc(C)ccc2[N+](=O)[O-])C1. The molecule has 8 nitrogen and oxygen atoms in total. The van der Waals surface area contributed by atoms with E-state index in [1.165, 1.54) is 6.07 Å². The highest BCUT2D eigenvalue weighted by Crippen LogP contribution is 2.41. The molecule has 0 aliphatic carbocycles. The van der Waals surface area contributed by atoms with Crippen molar-refractivity contribution in [3.8, 4) is 0 Å². The third-order valence-corrected chi connectivity index (χ3v) is 4.06. The fourth-order valence-corrected chi connectivity index (χ4v) is 2.93. The van der Waals surface area contributed by atoms with Crippen LogP contribution < -0.4 is 4.90 Å². The van der Waals surface area contributed by atoms with Crippen LogP contribution in [0.15, 0.2) is 22.7 Å². The van der Waals surface area contributed by atoms with Crippen LogP contribution >= 0.6 is 0 Å². The quantitative estimate of drug-likeness (QED) is 0.631. The van der Waals surface area contributed by atoms with Gasteiger partial charge in [0.1, 0.15) is 11.7 Å². The zero-order valence-electron chi connectivity index (χ0n) is 13.2. The third-order valence-electron chi connectivity index (χ3n) is 4.06. The lowest BCUT2D eigenvalue weighted by atomic mass is 10.1. The van der Waals surface area contributed by atoms with E-state index in [1.807, 2.05) is 17.9 Å². The first-order chi connectivity index (χ1) is 11.0. The van der Waals surface area contributed by atoms with Crippen LogP contribution in [0.5, 0.6) is 0 Å². The van der Waals surface area contributed by atoms with Gasteiger partial charge in [-0.05, 0) is 25.5 Å². The second-order valence-electron chi connectivity index (χ2n) is 5.69. The summed E-state index contributed by atoms with van der Waals surface area (Å²) in [5.74, 6) is 0.998. The van der Waals surface area contributed by atoms with Gasteiger partial charge in [0, 0.05) is 26.1 Å². The van der Waals surface area contributed by atoms with Crippen molar-refractivity contribution in [1.29, 1.82) is 0 Å². The fraction of sp³-hybridized carbons (Fsp3) is 0.467. The number of nitrogens with zero attached hydrogens (tertiary/aromatic N) is 4. The standard InChI is InChI=1S/C15H18N4O4/c1-9-4-5-12(19(20)21)13(6-9)18-8-11(22-3)7-14(18)15-16-10(2)17-23-15/h4-6,11,14H,7-8H2,1-3H3. The van der Waals surface area contributed by atoms with Crippen molar-refractivity contribution in [1.82, 2.24) is 10.1 Å². The van der Waals surface area contributed by atoms with Gasteiger partial charge in [0.2, 0.25) is 5.89 Å². The van der Waals surface area contributed by atoms with Gasteiger partial charge in [0.05, 0.1) is 11.0 Å². The topological polar surface area (TPSA) is 94.5 Å². The zero-order chi connectivity index (χ0) is 16.6. The van der Waals surface area contributed by atoms with Crippen LogP contribution in [0.2, 0.25) is 0 Å². The molecule has 0 bridgehead atoms. The summed E-state index contributed by atoms with van der Waals surface area (Å²) in [4.78, 5) is 17.2. The van der Waals surface area contributed by atoms with Crippen molar-refractivity contribution in [2.24, 2.45) is 0 Å². The second kappa shape index (κ2) is 5.96. The van der Waals surface area contributed by atoms with E-state index in [0.717, 1.165) is 5.56 Å². The Morgan fingerprint density at radius 2 is 2.22 bits per heavy atom. The van der Waals surface area contributed by atoms with Crippen LogP contribution in [0.3, 0.4) is 0 Å². The molecule has 1 aromatic heterocycles. The molecule has 1 aromatic carbocycles. The lowest BCUT2D eigenvalue weighted by Crippen LogP contribution is -2.25. The Bertz CT molecular complexity index is 730. The molecular weight excluding hydrogens is 300 g/mol. The van der Waals surface area contributed by atoms with E-state index in [4.69, 9.17) is 9.26 Å². The molecule has 2 atom stereocenters. The summed E-state index contributed by atoms with van der Waals surface area (Å²) in [5, 5.41) is 15.2. The molecular formula is C15H18N4O4.